The Balaban J connectivity index is 1.63. The van der Waals surface area contributed by atoms with Crippen molar-refractivity contribution in [2.24, 2.45) is 7.05 Å². The fourth-order valence-corrected chi connectivity index (χ4v) is 5.48. The molecule has 39 heavy (non-hydrogen) atoms. The van der Waals surface area contributed by atoms with Crippen LogP contribution >= 0.6 is 11.8 Å². The van der Waals surface area contributed by atoms with Crippen molar-refractivity contribution in [1.29, 1.82) is 0 Å². The lowest BCUT2D eigenvalue weighted by Gasteiger charge is -2.21. The second-order valence-electron chi connectivity index (χ2n) is 9.62. The molecule has 198 valence electrons. The smallest absolute Gasteiger partial charge is 0.258 e. The quantitative estimate of drug-likeness (QED) is 0.226. The first-order valence-corrected chi connectivity index (χ1v) is 13.7. The molecule has 0 unspecified atom stereocenters. The molecule has 0 aliphatic carbocycles. The minimum absolute atomic E-state index is 0.00985. The molecule has 0 radical (unpaired) electrons. The first-order valence-electron chi connectivity index (χ1n) is 12.5. The Morgan fingerprint density at radius 1 is 0.974 bits per heavy atom. The van der Waals surface area contributed by atoms with Crippen LogP contribution in [0, 0.1) is 25.5 Å². The van der Waals surface area contributed by atoms with Crippen molar-refractivity contribution >= 4 is 28.2 Å². The summed E-state index contributed by atoms with van der Waals surface area (Å²) in [5, 5.41) is 4.98. The number of aromatic nitrogens is 3. The highest BCUT2D eigenvalue weighted by atomic mass is 32.2. The summed E-state index contributed by atoms with van der Waals surface area (Å²) in [5.74, 6) is -1.19. The van der Waals surface area contributed by atoms with Crippen molar-refractivity contribution in [2.75, 3.05) is 11.6 Å². The standard InChI is InChI=1S/C31H28F2N4OS/c1-17-10-22(19(3)36-27-8-6-7-9-29(27)39-5)24-14-28(37(4)31(38)25(24)11-17)20-12-26(33)30(35-15-20)23-13-21(32)16-34-18(23)2/h6-16,19,36H,1-5H3/t19-/m1/s1. The van der Waals surface area contributed by atoms with Gasteiger partial charge in [-0.3, -0.25) is 14.8 Å². The molecule has 0 saturated heterocycles. The number of fused-ring (bicyclic) bond motifs is 1. The van der Waals surface area contributed by atoms with Gasteiger partial charge in [0.05, 0.1) is 11.9 Å². The molecule has 5 aromatic rings. The van der Waals surface area contributed by atoms with Gasteiger partial charge in [-0.2, -0.15) is 0 Å². The van der Waals surface area contributed by atoms with Gasteiger partial charge in [0.2, 0.25) is 0 Å². The average Bonchev–Trinajstić information content (AvgIpc) is 2.92. The van der Waals surface area contributed by atoms with Gasteiger partial charge in [-0.05, 0) is 79.9 Å². The summed E-state index contributed by atoms with van der Waals surface area (Å²) in [7, 11) is 1.67. The van der Waals surface area contributed by atoms with Crippen molar-refractivity contribution < 1.29 is 8.78 Å². The highest BCUT2D eigenvalue weighted by molar-refractivity contribution is 7.98. The van der Waals surface area contributed by atoms with Crippen molar-refractivity contribution in [3.8, 4) is 22.5 Å². The Bertz CT molecular complexity index is 1780. The minimum atomic E-state index is -0.622. The fraction of sp³-hybridized carbons (Fsp3) is 0.194. The normalized spacial score (nSPS) is 12.1. The van der Waals surface area contributed by atoms with Crippen LogP contribution in [0.2, 0.25) is 0 Å². The SMILES string of the molecule is CSc1ccccc1N[C@H](C)c1cc(C)cc2c(=O)n(C)c(-c3cnc(-c4cc(F)cnc4C)c(F)c3)cc12. The molecule has 0 fully saturated rings. The number of para-hydroxylation sites is 1. The number of halogens is 2. The Labute approximate surface area is 230 Å². The summed E-state index contributed by atoms with van der Waals surface area (Å²) < 4.78 is 30.7. The van der Waals surface area contributed by atoms with E-state index in [1.54, 1.807) is 25.7 Å². The number of rotatable bonds is 6. The van der Waals surface area contributed by atoms with E-state index in [0.717, 1.165) is 33.3 Å². The molecule has 5 nitrogen and oxygen atoms in total. The Kier molecular flexibility index (Phi) is 7.23. The number of aryl methyl sites for hydroxylation is 2. The average molecular weight is 543 g/mol. The van der Waals surface area contributed by atoms with Crippen LogP contribution in [0.5, 0.6) is 0 Å². The minimum Gasteiger partial charge on any atom is -0.378 e. The predicted molar refractivity (Wildman–Crippen MR) is 155 cm³/mol. The molecular formula is C31H28F2N4OS. The van der Waals surface area contributed by atoms with Crippen molar-refractivity contribution in [2.45, 2.75) is 31.7 Å². The first-order chi connectivity index (χ1) is 18.7. The number of anilines is 1. The molecule has 5 rings (SSSR count). The second kappa shape index (κ2) is 10.6. The van der Waals surface area contributed by atoms with Crippen molar-refractivity contribution in [3.63, 3.8) is 0 Å². The number of hydrogen-bond acceptors (Lipinski definition) is 5. The Morgan fingerprint density at radius 2 is 1.74 bits per heavy atom. The summed E-state index contributed by atoms with van der Waals surface area (Å²) in [5.41, 5.74) is 4.51. The summed E-state index contributed by atoms with van der Waals surface area (Å²) >= 11 is 1.66. The molecule has 2 aromatic carbocycles. The number of pyridine rings is 3. The van der Waals surface area contributed by atoms with E-state index in [-0.39, 0.29) is 22.9 Å². The zero-order chi connectivity index (χ0) is 27.8. The van der Waals surface area contributed by atoms with Crippen molar-refractivity contribution in [3.05, 3.63) is 106 Å². The number of nitrogens with zero attached hydrogens (tertiary/aromatic N) is 3. The van der Waals surface area contributed by atoms with Gasteiger partial charge < -0.3 is 9.88 Å². The van der Waals surface area contributed by atoms with Crippen LogP contribution in [-0.2, 0) is 7.05 Å². The maximum absolute atomic E-state index is 15.3. The fourth-order valence-electron chi connectivity index (χ4n) is 4.92. The van der Waals surface area contributed by atoms with Crippen LogP contribution in [0.3, 0.4) is 0 Å². The van der Waals surface area contributed by atoms with Crippen LogP contribution < -0.4 is 10.9 Å². The third kappa shape index (κ3) is 5.04. The summed E-state index contributed by atoms with van der Waals surface area (Å²) in [6.07, 6.45) is 4.63. The molecule has 3 heterocycles. The van der Waals surface area contributed by atoms with Gasteiger partial charge >= 0.3 is 0 Å². The first kappa shape index (κ1) is 26.6. The number of thioether (sulfide) groups is 1. The van der Waals surface area contributed by atoms with E-state index < -0.39 is 11.6 Å². The maximum Gasteiger partial charge on any atom is 0.258 e. The molecule has 0 amide bonds. The molecule has 0 spiro atoms. The summed E-state index contributed by atoms with van der Waals surface area (Å²) in [6, 6.07) is 16.4. The largest absolute Gasteiger partial charge is 0.378 e. The van der Waals surface area contributed by atoms with Crippen molar-refractivity contribution in [1.82, 2.24) is 14.5 Å². The van der Waals surface area contributed by atoms with E-state index >= 15 is 4.39 Å². The molecule has 0 bridgehead atoms. The van der Waals surface area contributed by atoms with Crippen LogP contribution in [0.4, 0.5) is 14.5 Å². The lowest BCUT2D eigenvalue weighted by Crippen LogP contribution is -2.20. The molecule has 1 N–H and O–H groups in total. The molecule has 3 aromatic heterocycles. The monoisotopic (exact) mass is 542 g/mol. The molecular weight excluding hydrogens is 514 g/mol. The van der Waals surface area contributed by atoms with E-state index in [0.29, 0.717) is 22.3 Å². The topological polar surface area (TPSA) is 59.8 Å². The number of hydrogen-bond donors (Lipinski definition) is 1. The summed E-state index contributed by atoms with van der Waals surface area (Å²) in [4.78, 5) is 23.0. The molecule has 0 aliphatic rings. The third-order valence-electron chi connectivity index (χ3n) is 6.92. The van der Waals surface area contributed by atoms with Gasteiger partial charge in [0.1, 0.15) is 17.3 Å². The lowest BCUT2D eigenvalue weighted by molar-refractivity contribution is 0.616. The summed E-state index contributed by atoms with van der Waals surface area (Å²) in [6.45, 7) is 5.71. The zero-order valence-corrected chi connectivity index (χ0v) is 23.2. The van der Waals surface area contributed by atoms with Gasteiger partial charge in [-0.25, -0.2) is 8.78 Å². The van der Waals surface area contributed by atoms with Gasteiger partial charge in [0.15, 0.2) is 0 Å². The van der Waals surface area contributed by atoms with Gasteiger partial charge in [0.25, 0.3) is 5.56 Å². The highest BCUT2D eigenvalue weighted by Gasteiger charge is 2.19. The molecule has 0 saturated carbocycles. The van der Waals surface area contributed by atoms with Gasteiger partial charge in [-0.15, -0.1) is 11.8 Å². The van der Waals surface area contributed by atoms with E-state index in [9.17, 15) is 9.18 Å². The predicted octanol–water partition coefficient (Wildman–Crippen LogP) is 7.45. The maximum atomic E-state index is 15.3. The lowest BCUT2D eigenvalue weighted by atomic mass is 9.96. The Morgan fingerprint density at radius 3 is 2.49 bits per heavy atom. The second-order valence-corrected chi connectivity index (χ2v) is 10.5. The van der Waals surface area contributed by atoms with Gasteiger partial charge in [-0.1, -0.05) is 18.2 Å². The van der Waals surface area contributed by atoms with E-state index in [1.165, 1.54) is 22.9 Å². The van der Waals surface area contributed by atoms with Crippen LogP contribution in [0.15, 0.2) is 76.7 Å². The molecule has 0 aliphatic heterocycles. The number of benzene rings is 2. The van der Waals surface area contributed by atoms with Crippen LogP contribution in [0.25, 0.3) is 33.3 Å². The van der Waals surface area contributed by atoms with Crippen LogP contribution in [-0.4, -0.2) is 20.8 Å². The molecule has 8 heteroatoms. The van der Waals surface area contributed by atoms with Gasteiger partial charge in [0, 0.05) is 52.1 Å². The van der Waals surface area contributed by atoms with E-state index in [4.69, 9.17) is 0 Å². The third-order valence-corrected chi connectivity index (χ3v) is 7.72. The zero-order valence-electron chi connectivity index (χ0n) is 22.3. The van der Waals surface area contributed by atoms with Crippen LogP contribution in [0.1, 0.15) is 29.8 Å². The highest BCUT2D eigenvalue weighted by Crippen LogP contribution is 2.34. The number of nitrogens with one attached hydrogen (secondary N) is 1. The van der Waals surface area contributed by atoms with E-state index in [1.807, 2.05) is 43.5 Å². The van der Waals surface area contributed by atoms with E-state index in [2.05, 4.69) is 34.3 Å². The molecule has 1 atom stereocenters. The Hall–Kier alpha value is -4.04.